The number of nitrogens with zero attached hydrogens (tertiary/aromatic N) is 1. The molecule has 3 aromatic carbocycles. The number of ether oxygens (including phenoxy) is 1. The third-order valence-electron chi connectivity index (χ3n) is 5.48. The van der Waals surface area contributed by atoms with Gasteiger partial charge in [0.1, 0.15) is 10.6 Å². The Hall–Kier alpha value is -3.58. The molecule has 0 saturated heterocycles. The van der Waals surface area contributed by atoms with Crippen molar-refractivity contribution < 1.29 is 18.7 Å². The highest BCUT2D eigenvalue weighted by atomic mass is 32.2. The fraction of sp³-hybridized carbons (Fsp3) is 0.185. The van der Waals surface area contributed by atoms with Crippen LogP contribution in [0, 0.1) is 5.82 Å². The van der Waals surface area contributed by atoms with E-state index in [1.54, 1.807) is 26.0 Å². The first-order valence-corrected chi connectivity index (χ1v) is 11.6. The third kappa shape index (κ3) is 4.99. The number of hydrogen-bond acceptors (Lipinski definition) is 4. The van der Waals surface area contributed by atoms with Crippen molar-refractivity contribution in [1.82, 2.24) is 4.57 Å². The summed E-state index contributed by atoms with van der Waals surface area (Å²) < 4.78 is 19.4. The summed E-state index contributed by atoms with van der Waals surface area (Å²) in [6.45, 7) is 4.07. The van der Waals surface area contributed by atoms with Crippen molar-refractivity contribution in [2.24, 2.45) is 0 Å². The van der Waals surface area contributed by atoms with E-state index in [9.17, 15) is 14.0 Å². The zero-order valence-electron chi connectivity index (χ0n) is 19.2. The quantitative estimate of drug-likeness (QED) is 0.258. The van der Waals surface area contributed by atoms with Crippen LogP contribution in [0.3, 0.4) is 0 Å². The lowest BCUT2D eigenvalue weighted by Gasteiger charge is -2.22. The minimum atomic E-state index is -0.819. The summed E-state index contributed by atoms with van der Waals surface area (Å²) in [5.74, 6) is -0.881. The topological polar surface area (TPSA) is 60.3 Å². The molecule has 0 radical (unpaired) electrons. The minimum Gasteiger partial charge on any atom is -0.468 e. The van der Waals surface area contributed by atoms with E-state index in [0.717, 1.165) is 21.4 Å². The Bertz CT molecular complexity index is 1350. The molecule has 0 aliphatic carbocycles. The first-order chi connectivity index (χ1) is 16.3. The van der Waals surface area contributed by atoms with Crippen molar-refractivity contribution >= 4 is 40.2 Å². The minimum absolute atomic E-state index is 0.252. The van der Waals surface area contributed by atoms with Crippen LogP contribution in [0.15, 0.2) is 83.9 Å². The van der Waals surface area contributed by atoms with E-state index in [1.807, 2.05) is 59.3 Å². The van der Waals surface area contributed by atoms with Gasteiger partial charge in [-0.3, -0.25) is 9.59 Å². The highest BCUT2D eigenvalue weighted by Gasteiger charge is 2.31. The van der Waals surface area contributed by atoms with Gasteiger partial charge in [-0.25, -0.2) is 4.39 Å². The van der Waals surface area contributed by atoms with Crippen molar-refractivity contribution in [2.45, 2.75) is 30.0 Å². The summed E-state index contributed by atoms with van der Waals surface area (Å²) in [5.41, 5.74) is 2.99. The molecular formula is C27H25FN2O3S. The van der Waals surface area contributed by atoms with E-state index in [4.69, 9.17) is 4.74 Å². The van der Waals surface area contributed by atoms with Gasteiger partial charge in [-0.05, 0) is 49.7 Å². The molecule has 1 amide bonds. The number of benzene rings is 3. The van der Waals surface area contributed by atoms with Crippen LogP contribution in [0.25, 0.3) is 10.9 Å². The summed E-state index contributed by atoms with van der Waals surface area (Å²) >= 11 is 1.33. The van der Waals surface area contributed by atoms with E-state index in [1.165, 1.54) is 31.0 Å². The largest absolute Gasteiger partial charge is 0.468 e. The number of fused-ring (bicyclic) bond motifs is 1. The summed E-state index contributed by atoms with van der Waals surface area (Å²) in [6.07, 6.45) is 1.82. The van der Waals surface area contributed by atoms with Crippen molar-refractivity contribution in [1.29, 1.82) is 0 Å². The second kappa shape index (κ2) is 9.73. The van der Waals surface area contributed by atoms with Crippen molar-refractivity contribution in [2.75, 3.05) is 12.4 Å². The van der Waals surface area contributed by atoms with E-state index in [-0.39, 0.29) is 17.7 Å². The molecular weight excluding hydrogens is 451 g/mol. The van der Waals surface area contributed by atoms with Crippen molar-refractivity contribution in [3.63, 3.8) is 0 Å². The molecule has 4 aromatic rings. The van der Waals surface area contributed by atoms with Gasteiger partial charge in [-0.1, -0.05) is 42.5 Å². The third-order valence-corrected chi connectivity index (χ3v) is 6.73. The number of halogens is 1. The van der Waals surface area contributed by atoms with Gasteiger partial charge < -0.3 is 14.6 Å². The SMILES string of the molecule is COC(=O)C(C)(C)Sc1ccccc1NC(=O)c1cn(Cc2ccc(F)cc2)c2ccccc12. The molecule has 0 atom stereocenters. The molecule has 34 heavy (non-hydrogen) atoms. The number of aromatic nitrogens is 1. The molecule has 0 fully saturated rings. The molecule has 1 heterocycles. The number of amides is 1. The Morgan fingerprint density at radius 1 is 1.00 bits per heavy atom. The Kier molecular flexibility index (Phi) is 6.75. The molecule has 7 heteroatoms. The summed E-state index contributed by atoms with van der Waals surface area (Å²) in [7, 11) is 1.36. The number of anilines is 1. The van der Waals surface area contributed by atoms with E-state index < -0.39 is 4.75 Å². The normalized spacial score (nSPS) is 11.4. The van der Waals surface area contributed by atoms with Crippen LogP contribution < -0.4 is 5.32 Å². The highest BCUT2D eigenvalue weighted by Crippen LogP contribution is 2.38. The van der Waals surface area contributed by atoms with Gasteiger partial charge >= 0.3 is 5.97 Å². The van der Waals surface area contributed by atoms with Gasteiger partial charge in [0.15, 0.2) is 0 Å². The van der Waals surface area contributed by atoms with Gasteiger partial charge in [0.05, 0.1) is 18.4 Å². The number of para-hydroxylation sites is 2. The maximum absolute atomic E-state index is 13.4. The lowest BCUT2D eigenvalue weighted by Crippen LogP contribution is -2.29. The molecule has 0 aliphatic heterocycles. The molecule has 0 unspecified atom stereocenters. The summed E-state index contributed by atoms with van der Waals surface area (Å²) in [6, 6.07) is 21.4. The van der Waals surface area contributed by atoms with Crippen LogP contribution in [0.2, 0.25) is 0 Å². The fourth-order valence-corrected chi connectivity index (χ4v) is 4.85. The molecule has 0 bridgehead atoms. The van der Waals surface area contributed by atoms with E-state index >= 15 is 0 Å². The van der Waals surface area contributed by atoms with Gasteiger partial charge in [-0.2, -0.15) is 0 Å². The lowest BCUT2D eigenvalue weighted by atomic mass is 10.1. The van der Waals surface area contributed by atoms with Crippen LogP contribution in [-0.2, 0) is 16.1 Å². The summed E-state index contributed by atoms with van der Waals surface area (Å²) in [5, 5.41) is 3.83. The molecule has 5 nitrogen and oxygen atoms in total. The Balaban J connectivity index is 1.63. The molecule has 0 aliphatic rings. The molecule has 4 rings (SSSR count). The number of nitrogens with one attached hydrogen (secondary N) is 1. The van der Waals surface area contributed by atoms with Crippen molar-refractivity contribution in [3.8, 4) is 0 Å². The zero-order valence-corrected chi connectivity index (χ0v) is 20.0. The number of carbonyl (C=O) groups is 2. The number of thioether (sulfide) groups is 1. The molecule has 0 saturated carbocycles. The van der Waals surface area contributed by atoms with Crippen LogP contribution in [0.4, 0.5) is 10.1 Å². The predicted octanol–water partition coefficient (Wildman–Crippen LogP) is 6.12. The standard InChI is InChI=1S/C27H25FN2O3S/c1-27(2,26(32)33-3)34-24-11-7-5-9-22(24)29-25(31)21-17-30(23-10-6-4-8-20(21)23)16-18-12-14-19(28)15-13-18/h4-15,17H,16H2,1-3H3,(H,29,31). The Labute approximate surface area is 201 Å². The van der Waals surface area contributed by atoms with Crippen LogP contribution in [0.1, 0.15) is 29.8 Å². The maximum atomic E-state index is 13.4. The molecule has 1 aromatic heterocycles. The average Bonchev–Trinajstić information content (AvgIpc) is 3.19. The van der Waals surface area contributed by atoms with E-state index in [2.05, 4.69) is 5.32 Å². The second-order valence-corrected chi connectivity index (χ2v) is 10.0. The summed E-state index contributed by atoms with van der Waals surface area (Å²) in [4.78, 5) is 26.3. The van der Waals surface area contributed by atoms with Gasteiger partial charge in [-0.15, -0.1) is 11.8 Å². The first kappa shape index (κ1) is 23.6. The predicted molar refractivity (Wildman–Crippen MR) is 134 cm³/mol. The second-order valence-electron chi connectivity index (χ2n) is 8.37. The number of hydrogen-bond donors (Lipinski definition) is 1. The number of esters is 1. The van der Waals surface area contributed by atoms with Crippen LogP contribution in [-0.4, -0.2) is 28.3 Å². The maximum Gasteiger partial charge on any atom is 0.321 e. The lowest BCUT2D eigenvalue weighted by molar-refractivity contribution is -0.142. The monoisotopic (exact) mass is 476 g/mol. The van der Waals surface area contributed by atoms with Crippen LogP contribution in [0.5, 0.6) is 0 Å². The fourth-order valence-electron chi connectivity index (χ4n) is 3.76. The van der Waals surface area contributed by atoms with E-state index in [0.29, 0.717) is 17.8 Å². The first-order valence-electron chi connectivity index (χ1n) is 10.8. The van der Waals surface area contributed by atoms with Crippen molar-refractivity contribution in [3.05, 3.63) is 95.9 Å². The Morgan fingerprint density at radius 2 is 1.68 bits per heavy atom. The molecule has 174 valence electrons. The Morgan fingerprint density at radius 3 is 2.41 bits per heavy atom. The molecule has 0 spiro atoms. The average molecular weight is 477 g/mol. The molecule has 1 N–H and O–H groups in total. The zero-order chi connectivity index (χ0) is 24.3. The number of carbonyl (C=O) groups excluding carboxylic acids is 2. The number of methoxy groups -OCH3 is 1. The van der Waals surface area contributed by atoms with Crippen LogP contribution >= 0.6 is 11.8 Å². The number of rotatable bonds is 7. The van der Waals surface area contributed by atoms with Gasteiger partial charge in [0, 0.05) is 28.5 Å². The highest BCUT2D eigenvalue weighted by molar-refractivity contribution is 8.01. The van der Waals surface area contributed by atoms with Gasteiger partial charge in [0.25, 0.3) is 5.91 Å². The van der Waals surface area contributed by atoms with Gasteiger partial charge in [0.2, 0.25) is 0 Å². The smallest absolute Gasteiger partial charge is 0.321 e.